The van der Waals surface area contributed by atoms with E-state index in [1.54, 1.807) is 33.2 Å². The van der Waals surface area contributed by atoms with Crippen molar-refractivity contribution >= 4 is 35.8 Å². The second kappa shape index (κ2) is 15.1. The molecule has 31 heavy (non-hydrogen) atoms. The monoisotopic (exact) mass is 549 g/mol. The minimum absolute atomic E-state index is 0. The Morgan fingerprint density at radius 2 is 1.81 bits per heavy atom. The number of halogens is 1. The largest absolute Gasteiger partial charge is 0.493 e. The summed E-state index contributed by atoms with van der Waals surface area (Å²) in [7, 11) is 6.71. The Labute approximate surface area is 202 Å². The van der Waals surface area contributed by atoms with Crippen LogP contribution in [0.4, 0.5) is 0 Å². The molecule has 2 N–H and O–H groups in total. The molecule has 2 rings (SSSR count). The van der Waals surface area contributed by atoms with Gasteiger partial charge < -0.3 is 29.7 Å². The van der Waals surface area contributed by atoms with Crippen LogP contribution in [0.3, 0.4) is 0 Å². The highest BCUT2D eigenvalue weighted by atomic mass is 127. The van der Waals surface area contributed by atoms with E-state index in [2.05, 4.69) is 20.5 Å². The molecule has 1 saturated heterocycles. The van der Waals surface area contributed by atoms with Crippen molar-refractivity contribution in [2.45, 2.75) is 6.42 Å². The van der Waals surface area contributed by atoms with Crippen LogP contribution in [0.2, 0.25) is 0 Å². The summed E-state index contributed by atoms with van der Waals surface area (Å²) < 4.78 is 16.0. The van der Waals surface area contributed by atoms with E-state index in [0.29, 0.717) is 24.0 Å². The summed E-state index contributed by atoms with van der Waals surface area (Å²) in [6, 6.07) is 5.89. The van der Waals surface area contributed by atoms with Crippen LogP contribution >= 0.6 is 24.0 Å². The fourth-order valence-electron chi connectivity index (χ4n) is 2.98. The van der Waals surface area contributed by atoms with Crippen LogP contribution in [-0.2, 0) is 16.0 Å². The SMILES string of the molecule is COc1ccc(CCNC(=NCC(=O)N(C)C)NCCN2CCOCC2)cc1OC.I. The lowest BCUT2D eigenvalue weighted by Gasteiger charge is -2.26. The van der Waals surface area contributed by atoms with Crippen LogP contribution in [0.1, 0.15) is 5.56 Å². The molecule has 0 aromatic heterocycles. The number of guanidine groups is 1. The van der Waals surface area contributed by atoms with Crippen molar-refractivity contribution in [2.75, 3.05) is 80.8 Å². The summed E-state index contributed by atoms with van der Waals surface area (Å²) in [5.41, 5.74) is 1.12. The molecule has 1 aromatic carbocycles. The molecule has 0 radical (unpaired) electrons. The van der Waals surface area contributed by atoms with Crippen LogP contribution in [0, 0.1) is 0 Å². The van der Waals surface area contributed by atoms with Crippen LogP contribution in [0.5, 0.6) is 11.5 Å². The van der Waals surface area contributed by atoms with E-state index in [9.17, 15) is 4.79 Å². The summed E-state index contributed by atoms with van der Waals surface area (Å²) >= 11 is 0. The zero-order valence-corrected chi connectivity index (χ0v) is 21.3. The van der Waals surface area contributed by atoms with Crippen LogP contribution in [0.25, 0.3) is 0 Å². The fourth-order valence-corrected chi connectivity index (χ4v) is 2.98. The second-order valence-electron chi connectivity index (χ2n) is 7.20. The number of carbonyl (C=O) groups is 1. The number of rotatable bonds is 10. The molecule has 1 fully saturated rings. The quantitative estimate of drug-likeness (QED) is 0.254. The Hall–Kier alpha value is -1.79. The van der Waals surface area contributed by atoms with E-state index in [-0.39, 0.29) is 36.4 Å². The van der Waals surface area contributed by atoms with Crippen LogP contribution in [-0.4, -0.2) is 102 Å². The normalized spacial score (nSPS) is 14.4. The maximum absolute atomic E-state index is 11.9. The number of hydrogen-bond donors (Lipinski definition) is 2. The molecule has 1 amide bonds. The average Bonchev–Trinajstić information content (AvgIpc) is 2.77. The number of aliphatic imine (C=N–C) groups is 1. The third kappa shape index (κ3) is 9.92. The summed E-state index contributed by atoms with van der Waals surface area (Å²) in [6.45, 7) is 5.88. The molecule has 176 valence electrons. The number of likely N-dealkylation sites (N-methyl/N-ethyl adjacent to an activating group) is 1. The summed E-state index contributed by atoms with van der Waals surface area (Å²) in [5, 5.41) is 6.65. The fraction of sp³-hybridized carbons (Fsp3) is 0.619. The van der Waals surface area contributed by atoms with E-state index >= 15 is 0 Å². The molecule has 1 aliphatic heterocycles. The van der Waals surface area contributed by atoms with E-state index in [0.717, 1.165) is 51.4 Å². The molecule has 0 bridgehead atoms. The molecule has 0 spiro atoms. The van der Waals surface area contributed by atoms with Gasteiger partial charge in [0.25, 0.3) is 0 Å². The van der Waals surface area contributed by atoms with Crippen LogP contribution in [0.15, 0.2) is 23.2 Å². The van der Waals surface area contributed by atoms with Gasteiger partial charge in [-0.2, -0.15) is 0 Å². The zero-order chi connectivity index (χ0) is 21.8. The van der Waals surface area contributed by atoms with Crippen molar-refractivity contribution in [3.8, 4) is 11.5 Å². The number of carbonyl (C=O) groups excluding carboxylic acids is 1. The van der Waals surface area contributed by atoms with Gasteiger partial charge in [0.1, 0.15) is 6.54 Å². The second-order valence-corrected chi connectivity index (χ2v) is 7.20. The van der Waals surface area contributed by atoms with E-state index in [4.69, 9.17) is 14.2 Å². The maximum Gasteiger partial charge on any atom is 0.243 e. The number of nitrogens with zero attached hydrogens (tertiary/aromatic N) is 3. The molecular formula is C21H36IN5O4. The van der Waals surface area contributed by atoms with Gasteiger partial charge in [-0.3, -0.25) is 9.69 Å². The number of hydrogen-bond acceptors (Lipinski definition) is 6. The number of benzene rings is 1. The minimum Gasteiger partial charge on any atom is -0.493 e. The van der Waals surface area contributed by atoms with Crippen molar-refractivity contribution in [2.24, 2.45) is 4.99 Å². The Morgan fingerprint density at radius 1 is 1.13 bits per heavy atom. The van der Waals surface area contributed by atoms with Gasteiger partial charge in [0.2, 0.25) is 5.91 Å². The standard InChI is InChI=1S/C21H35N5O4.HI/c1-25(2)20(27)16-24-21(23-9-10-26-11-13-30-14-12-26)22-8-7-17-5-6-18(28-3)19(15-17)29-4;/h5-6,15H,7-14,16H2,1-4H3,(H2,22,23,24);1H. The lowest BCUT2D eigenvalue weighted by Crippen LogP contribution is -2.45. The first-order valence-electron chi connectivity index (χ1n) is 10.3. The Balaban J connectivity index is 0.00000480. The molecule has 0 atom stereocenters. The van der Waals surface area contributed by atoms with Crippen molar-refractivity contribution < 1.29 is 19.0 Å². The van der Waals surface area contributed by atoms with Gasteiger partial charge >= 0.3 is 0 Å². The first-order chi connectivity index (χ1) is 14.5. The highest BCUT2D eigenvalue weighted by molar-refractivity contribution is 14.0. The highest BCUT2D eigenvalue weighted by Gasteiger charge is 2.10. The molecular weight excluding hydrogens is 513 g/mol. The topological polar surface area (TPSA) is 87.7 Å². The lowest BCUT2D eigenvalue weighted by molar-refractivity contribution is -0.127. The lowest BCUT2D eigenvalue weighted by atomic mass is 10.1. The Morgan fingerprint density at radius 3 is 2.45 bits per heavy atom. The molecule has 1 aromatic rings. The summed E-state index contributed by atoms with van der Waals surface area (Å²) in [4.78, 5) is 20.2. The molecule has 0 aliphatic carbocycles. The smallest absolute Gasteiger partial charge is 0.243 e. The first-order valence-corrected chi connectivity index (χ1v) is 10.3. The minimum atomic E-state index is -0.0378. The molecule has 9 nitrogen and oxygen atoms in total. The number of ether oxygens (including phenoxy) is 3. The number of nitrogens with one attached hydrogen (secondary N) is 2. The van der Waals surface area contributed by atoms with Crippen molar-refractivity contribution in [1.29, 1.82) is 0 Å². The number of methoxy groups -OCH3 is 2. The van der Waals surface area contributed by atoms with Gasteiger partial charge in [0.05, 0.1) is 27.4 Å². The molecule has 0 unspecified atom stereocenters. The van der Waals surface area contributed by atoms with Crippen LogP contribution < -0.4 is 20.1 Å². The van der Waals surface area contributed by atoms with E-state index in [1.165, 1.54) is 0 Å². The van der Waals surface area contributed by atoms with Gasteiger partial charge in [-0.15, -0.1) is 24.0 Å². The van der Waals surface area contributed by atoms with Crippen molar-refractivity contribution in [3.05, 3.63) is 23.8 Å². The Kier molecular flexibility index (Phi) is 13.3. The zero-order valence-electron chi connectivity index (χ0n) is 19.0. The maximum atomic E-state index is 11.9. The average molecular weight is 549 g/mol. The van der Waals surface area contributed by atoms with Crippen molar-refractivity contribution in [3.63, 3.8) is 0 Å². The third-order valence-corrected chi connectivity index (χ3v) is 4.85. The third-order valence-electron chi connectivity index (χ3n) is 4.85. The van der Waals surface area contributed by atoms with Gasteiger partial charge in [0, 0.05) is 46.8 Å². The molecule has 0 saturated carbocycles. The van der Waals surface area contributed by atoms with Gasteiger partial charge in [0.15, 0.2) is 17.5 Å². The van der Waals surface area contributed by atoms with Gasteiger partial charge in [-0.05, 0) is 24.1 Å². The molecule has 1 aliphatic rings. The Bertz CT molecular complexity index is 696. The number of amides is 1. The summed E-state index contributed by atoms with van der Waals surface area (Å²) in [5.74, 6) is 2.02. The van der Waals surface area contributed by atoms with E-state index in [1.807, 2.05) is 18.2 Å². The molecule has 10 heteroatoms. The van der Waals surface area contributed by atoms with Crippen molar-refractivity contribution in [1.82, 2.24) is 20.4 Å². The van der Waals surface area contributed by atoms with E-state index < -0.39 is 0 Å². The highest BCUT2D eigenvalue weighted by Crippen LogP contribution is 2.27. The molecule has 1 heterocycles. The predicted octanol–water partition coefficient (Wildman–Crippen LogP) is 0.820. The van der Waals surface area contributed by atoms with Gasteiger partial charge in [-0.25, -0.2) is 4.99 Å². The van der Waals surface area contributed by atoms with Gasteiger partial charge in [-0.1, -0.05) is 6.07 Å². The number of morpholine rings is 1. The predicted molar refractivity (Wildman–Crippen MR) is 133 cm³/mol. The first kappa shape index (κ1) is 27.2. The summed E-state index contributed by atoms with van der Waals surface area (Å²) in [6.07, 6.45) is 0.784.